The van der Waals surface area contributed by atoms with E-state index in [-0.39, 0.29) is 5.75 Å². The van der Waals surface area contributed by atoms with Crippen molar-refractivity contribution in [2.75, 3.05) is 11.4 Å². The Morgan fingerprint density at radius 3 is 2.28 bits per heavy atom. The molecule has 0 bridgehead atoms. The molecule has 0 atom stereocenters. The molecule has 5 rings (SSSR count). The van der Waals surface area contributed by atoms with Crippen LogP contribution in [-0.4, -0.2) is 17.9 Å². The van der Waals surface area contributed by atoms with E-state index < -0.39 is 6.36 Å². The van der Waals surface area contributed by atoms with E-state index in [0.717, 1.165) is 34.8 Å². The number of hydrogen-bond acceptors (Lipinski definition) is 4. The third-order valence-electron chi connectivity index (χ3n) is 5.45. The molecule has 0 N–H and O–H groups in total. The van der Waals surface area contributed by atoms with Gasteiger partial charge in [0.1, 0.15) is 17.2 Å². The van der Waals surface area contributed by atoms with Crippen LogP contribution in [0.15, 0.2) is 72.8 Å². The monoisotopic (exact) mass is 436 g/mol. The average Bonchev–Trinajstić information content (AvgIpc) is 3.21. The summed E-state index contributed by atoms with van der Waals surface area (Å²) in [5.74, 6) is 1.20. The Kier molecular flexibility index (Phi) is 4.89. The molecule has 1 aromatic heterocycles. The number of rotatable bonds is 4. The highest BCUT2D eigenvalue weighted by Crippen LogP contribution is 2.42. The Morgan fingerprint density at radius 2 is 1.56 bits per heavy atom. The Labute approximate surface area is 182 Å². The predicted molar refractivity (Wildman–Crippen MR) is 117 cm³/mol. The summed E-state index contributed by atoms with van der Waals surface area (Å²) in [6.07, 6.45) is -3.99. The van der Waals surface area contributed by atoms with Crippen LogP contribution in [0.2, 0.25) is 0 Å². The predicted octanol–water partition coefficient (Wildman–Crippen LogP) is 6.93. The molecule has 7 heteroatoms. The fraction of sp³-hybridized carbons (Fsp3) is 0.160. The normalized spacial score (nSPS) is 13.3. The van der Waals surface area contributed by atoms with E-state index in [4.69, 9.17) is 4.74 Å². The summed E-state index contributed by atoms with van der Waals surface area (Å²) < 4.78 is 48.3. The van der Waals surface area contributed by atoms with E-state index in [1.807, 2.05) is 61.5 Å². The zero-order valence-corrected chi connectivity index (χ0v) is 17.2. The molecule has 1 aliphatic heterocycles. The van der Waals surface area contributed by atoms with E-state index in [1.54, 1.807) is 6.07 Å². The highest BCUT2D eigenvalue weighted by molar-refractivity contribution is 5.98. The minimum Gasteiger partial charge on any atom is -0.457 e. The Hall–Kier alpha value is -3.74. The van der Waals surface area contributed by atoms with Crippen LogP contribution in [0.3, 0.4) is 0 Å². The van der Waals surface area contributed by atoms with Crippen LogP contribution in [0.1, 0.15) is 11.3 Å². The van der Waals surface area contributed by atoms with Gasteiger partial charge in [-0.3, -0.25) is 4.98 Å². The van der Waals surface area contributed by atoms with Crippen LogP contribution in [0.5, 0.6) is 17.2 Å². The van der Waals surface area contributed by atoms with Gasteiger partial charge >= 0.3 is 6.36 Å². The van der Waals surface area contributed by atoms with E-state index in [0.29, 0.717) is 23.2 Å². The van der Waals surface area contributed by atoms with Gasteiger partial charge in [-0.15, -0.1) is 13.2 Å². The van der Waals surface area contributed by atoms with Crippen LogP contribution >= 0.6 is 0 Å². The van der Waals surface area contributed by atoms with E-state index in [2.05, 4.69) is 14.6 Å². The lowest BCUT2D eigenvalue weighted by Gasteiger charge is -2.22. The molecule has 162 valence electrons. The number of nitrogens with zero attached hydrogens (tertiary/aromatic N) is 2. The van der Waals surface area contributed by atoms with E-state index in [9.17, 15) is 13.2 Å². The van der Waals surface area contributed by atoms with Gasteiger partial charge in [-0.2, -0.15) is 0 Å². The molecule has 0 saturated carbocycles. The zero-order valence-electron chi connectivity index (χ0n) is 17.2. The first-order chi connectivity index (χ1) is 15.4. The molecule has 0 unspecified atom stereocenters. The number of alkyl halides is 3. The topological polar surface area (TPSA) is 34.6 Å². The minimum absolute atomic E-state index is 0.253. The van der Waals surface area contributed by atoms with Crippen molar-refractivity contribution in [1.82, 2.24) is 4.98 Å². The third kappa shape index (κ3) is 3.93. The second-order valence-corrected chi connectivity index (χ2v) is 7.56. The Balaban J connectivity index is 1.51. The first-order valence-electron chi connectivity index (χ1n) is 10.2. The standard InChI is InChI=1S/C25H19F3N2O2/c1-16-21-13-14-30(17-7-9-19(10-8-17)31-18-5-3-2-4-6-18)24(21)22-15-20(32-25(26,27)28)11-12-23(22)29-16/h2-12,15H,13-14H2,1H3. The van der Waals surface area contributed by atoms with Gasteiger partial charge in [0, 0.05) is 23.3 Å². The quantitative estimate of drug-likeness (QED) is 0.348. The highest BCUT2D eigenvalue weighted by atomic mass is 19.4. The summed E-state index contributed by atoms with van der Waals surface area (Å²) in [4.78, 5) is 6.70. The van der Waals surface area contributed by atoms with Crippen LogP contribution in [0, 0.1) is 6.92 Å². The van der Waals surface area contributed by atoms with Gasteiger partial charge in [-0.25, -0.2) is 0 Å². The number of para-hydroxylation sites is 1. The van der Waals surface area contributed by atoms with Gasteiger partial charge in [0.25, 0.3) is 0 Å². The molecule has 4 aromatic rings. The summed E-state index contributed by atoms with van der Waals surface area (Å²) in [5, 5.41) is 0.634. The number of fused-ring (bicyclic) bond motifs is 3. The minimum atomic E-state index is -4.75. The summed E-state index contributed by atoms with van der Waals surface area (Å²) in [7, 11) is 0. The van der Waals surface area contributed by atoms with E-state index >= 15 is 0 Å². The van der Waals surface area contributed by atoms with Gasteiger partial charge in [0.15, 0.2) is 0 Å². The number of anilines is 2. The molecular formula is C25H19F3N2O2. The van der Waals surface area contributed by atoms with Crippen molar-refractivity contribution < 1.29 is 22.6 Å². The number of pyridine rings is 1. The molecule has 0 radical (unpaired) electrons. The summed E-state index contributed by atoms with van der Waals surface area (Å²) in [6, 6.07) is 21.4. The van der Waals surface area contributed by atoms with Crippen molar-refractivity contribution in [2.24, 2.45) is 0 Å². The van der Waals surface area contributed by atoms with E-state index in [1.165, 1.54) is 12.1 Å². The number of benzene rings is 3. The van der Waals surface area contributed by atoms with Gasteiger partial charge in [0.05, 0.1) is 11.2 Å². The molecule has 3 aromatic carbocycles. The smallest absolute Gasteiger partial charge is 0.457 e. The van der Waals surface area contributed by atoms with Gasteiger partial charge < -0.3 is 14.4 Å². The van der Waals surface area contributed by atoms with Crippen molar-refractivity contribution in [2.45, 2.75) is 19.7 Å². The third-order valence-corrected chi connectivity index (χ3v) is 5.45. The molecule has 0 spiro atoms. The maximum Gasteiger partial charge on any atom is 0.573 e. The second kappa shape index (κ2) is 7.75. The molecule has 1 aliphatic rings. The van der Waals surface area contributed by atoms with Crippen LogP contribution in [0.25, 0.3) is 10.9 Å². The molecule has 0 fully saturated rings. The number of ether oxygens (including phenoxy) is 2. The lowest BCUT2D eigenvalue weighted by atomic mass is 10.1. The number of halogens is 3. The van der Waals surface area contributed by atoms with Crippen molar-refractivity contribution in [1.29, 1.82) is 0 Å². The second-order valence-electron chi connectivity index (χ2n) is 7.56. The van der Waals surface area contributed by atoms with Gasteiger partial charge in [0.2, 0.25) is 0 Å². The molecule has 0 saturated heterocycles. The summed E-state index contributed by atoms with van der Waals surface area (Å²) in [6.45, 7) is 2.64. The fourth-order valence-corrected chi connectivity index (χ4v) is 4.10. The molecule has 32 heavy (non-hydrogen) atoms. The molecule has 0 amide bonds. The van der Waals surface area contributed by atoms with Gasteiger partial charge in [-0.1, -0.05) is 18.2 Å². The number of aryl methyl sites for hydroxylation is 1. The molecular weight excluding hydrogens is 417 g/mol. The van der Waals surface area contributed by atoms with Crippen LogP contribution in [-0.2, 0) is 6.42 Å². The first kappa shape index (κ1) is 20.2. The van der Waals surface area contributed by atoms with Crippen LogP contribution < -0.4 is 14.4 Å². The zero-order chi connectivity index (χ0) is 22.3. The van der Waals surface area contributed by atoms with Crippen LogP contribution in [0.4, 0.5) is 24.5 Å². The first-order valence-corrected chi connectivity index (χ1v) is 10.2. The molecule has 2 heterocycles. The summed E-state index contributed by atoms with van der Waals surface area (Å²) >= 11 is 0. The van der Waals surface area contributed by atoms with Crippen molar-refractivity contribution in [3.63, 3.8) is 0 Å². The lowest BCUT2D eigenvalue weighted by Crippen LogP contribution is -2.17. The SMILES string of the molecule is Cc1nc2ccc(OC(F)(F)F)cc2c2c1CCN2c1ccc(Oc2ccccc2)cc1. The van der Waals surface area contributed by atoms with Crippen molar-refractivity contribution in [3.8, 4) is 17.2 Å². The van der Waals surface area contributed by atoms with Crippen molar-refractivity contribution >= 4 is 22.3 Å². The highest BCUT2D eigenvalue weighted by Gasteiger charge is 2.32. The van der Waals surface area contributed by atoms with Crippen molar-refractivity contribution in [3.05, 3.63) is 84.1 Å². The Bertz CT molecular complexity index is 1270. The molecule has 0 aliphatic carbocycles. The summed E-state index contributed by atoms with van der Waals surface area (Å²) in [5.41, 5.74) is 4.34. The fourth-order valence-electron chi connectivity index (χ4n) is 4.10. The average molecular weight is 436 g/mol. The number of aromatic nitrogens is 1. The maximum atomic E-state index is 12.8. The largest absolute Gasteiger partial charge is 0.573 e. The number of hydrogen-bond donors (Lipinski definition) is 0. The molecule has 4 nitrogen and oxygen atoms in total. The van der Waals surface area contributed by atoms with Gasteiger partial charge in [-0.05, 0) is 73.5 Å². The maximum absolute atomic E-state index is 12.8. The lowest BCUT2D eigenvalue weighted by molar-refractivity contribution is -0.274. The Morgan fingerprint density at radius 1 is 0.875 bits per heavy atom.